The number of ether oxygens (including phenoxy) is 2. The van der Waals surface area contributed by atoms with E-state index in [2.05, 4.69) is 0 Å². The van der Waals surface area contributed by atoms with Crippen LogP contribution in [0.1, 0.15) is 39.2 Å². The van der Waals surface area contributed by atoms with Crippen LogP contribution in [0.15, 0.2) is 18.2 Å². The van der Waals surface area contributed by atoms with Gasteiger partial charge >= 0.3 is 5.97 Å². The number of esters is 1. The third-order valence-electron chi connectivity index (χ3n) is 3.19. The molecule has 1 aromatic carbocycles. The number of hydrogen-bond acceptors (Lipinski definition) is 3. The Labute approximate surface area is 113 Å². The van der Waals surface area contributed by atoms with E-state index in [0.717, 1.165) is 5.56 Å². The fourth-order valence-electron chi connectivity index (χ4n) is 1.87. The predicted molar refractivity (Wildman–Crippen MR) is 71.8 cm³/mol. The highest BCUT2D eigenvalue weighted by Crippen LogP contribution is 2.32. The smallest absolute Gasteiger partial charge is 0.305 e. The molecule has 0 N–H and O–H groups in total. The van der Waals surface area contributed by atoms with E-state index in [4.69, 9.17) is 9.47 Å². The minimum Gasteiger partial charge on any atom is -0.494 e. The van der Waals surface area contributed by atoms with Crippen LogP contribution in [0.25, 0.3) is 0 Å². The summed E-state index contributed by atoms with van der Waals surface area (Å²) in [5, 5.41) is 0. The summed E-state index contributed by atoms with van der Waals surface area (Å²) in [6, 6.07) is 4.80. The molecule has 3 nitrogen and oxygen atoms in total. The first-order valence-electron chi connectivity index (χ1n) is 6.40. The van der Waals surface area contributed by atoms with E-state index in [0.29, 0.717) is 19.4 Å². The molecule has 0 fully saturated rings. The third kappa shape index (κ3) is 4.23. The largest absolute Gasteiger partial charge is 0.494 e. The normalized spacial score (nSPS) is 11.2. The van der Waals surface area contributed by atoms with Crippen LogP contribution in [0.2, 0.25) is 0 Å². The summed E-state index contributed by atoms with van der Waals surface area (Å²) in [6.07, 6.45) is 0.987. The molecule has 1 aromatic rings. The van der Waals surface area contributed by atoms with Crippen LogP contribution in [0.4, 0.5) is 4.39 Å². The van der Waals surface area contributed by atoms with Crippen LogP contribution in [0.3, 0.4) is 0 Å². The number of carbonyl (C=O) groups is 1. The van der Waals surface area contributed by atoms with Gasteiger partial charge in [-0.15, -0.1) is 0 Å². The van der Waals surface area contributed by atoms with Gasteiger partial charge in [-0.25, -0.2) is 4.39 Å². The quantitative estimate of drug-likeness (QED) is 0.741. The van der Waals surface area contributed by atoms with Gasteiger partial charge in [-0.05, 0) is 36.5 Å². The minimum absolute atomic E-state index is 0.204. The lowest BCUT2D eigenvalue weighted by Crippen LogP contribution is -2.19. The van der Waals surface area contributed by atoms with Crippen molar-refractivity contribution in [2.45, 2.75) is 39.0 Å². The second-order valence-electron chi connectivity index (χ2n) is 5.04. The van der Waals surface area contributed by atoms with Gasteiger partial charge in [0, 0.05) is 6.42 Å². The highest BCUT2D eigenvalue weighted by Gasteiger charge is 2.23. The Kier molecular flexibility index (Phi) is 5.33. The molecule has 0 aromatic heterocycles. The van der Waals surface area contributed by atoms with Crippen LogP contribution in [-0.4, -0.2) is 19.7 Å². The Morgan fingerprint density at radius 2 is 2.05 bits per heavy atom. The molecule has 0 aliphatic heterocycles. The first kappa shape index (κ1) is 15.5. The lowest BCUT2D eigenvalue weighted by atomic mass is 9.80. The SMILES string of the molecule is CCOC(=O)CCC(C)(C)c1ccc(F)c(OC)c1. The molecule has 0 heterocycles. The van der Waals surface area contributed by atoms with E-state index in [1.165, 1.54) is 13.2 Å². The molecule has 0 amide bonds. The zero-order valence-electron chi connectivity index (χ0n) is 12.0. The highest BCUT2D eigenvalue weighted by molar-refractivity contribution is 5.69. The van der Waals surface area contributed by atoms with Gasteiger partial charge in [0.15, 0.2) is 11.6 Å². The molecular weight excluding hydrogens is 247 g/mol. The fraction of sp³-hybridized carbons (Fsp3) is 0.533. The number of carbonyl (C=O) groups excluding carboxylic acids is 1. The van der Waals surface area contributed by atoms with Gasteiger partial charge in [0.05, 0.1) is 13.7 Å². The van der Waals surface area contributed by atoms with E-state index >= 15 is 0 Å². The Balaban J connectivity index is 2.79. The van der Waals surface area contributed by atoms with E-state index in [9.17, 15) is 9.18 Å². The summed E-state index contributed by atoms with van der Waals surface area (Å²) in [7, 11) is 1.44. The molecular formula is C15H21FO3. The molecule has 0 unspecified atom stereocenters. The maximum Gasteiger partial charge on any atom is 0.305 e. The molecule has 4 heteroatoms. The highest BCUT2D eigenvalue weighted by atomic mass is 19.1. The molecule has 0 saturated heterocycles. The van der Waals surface area contributed by atoms with Crippen molar-refractivity contribution in [3.8, 4) is 5.75 Å². The Bertz CT molecular complexity index is 441. The second-order valence-corrected chi connectivity index (χ2v) is 5.04. The summed E-state index contributed by atoms with van der Waals surface area (Å²) >= 11 is 0. The van der Waals surface area contributed by atoms with Crippen molar-refractivity contribution in [3.63, 3.8) is 0 Å². The topological polar surface area (TPSA) is 35.5 Å². The van der Waals surface area contributed by atoms with Crippen LogP contribution in [0, 0.1) is 5.82 Å². The first-order chi connectivity index (χ1) is 8.90. The van der Waals surface area contributed by atoms with Crippen molar-refractivity contribution in [2.75, 3.05) is 13.7 Å². The summed E-state index contributed by atoms with van der Waals surface area (Å²) in [5.41, 5.74) is 0.698. The summed E-state index contributed by atoms with van der Waals surface area (Å²) in [4.78, 5) is 11.4. The van der Waals surface area contributed by atoms with Gasteiger partial charge in [-0.3, -0.25) is 4.79 Å². The number of rotatable bonds is 6. The molecule has 0 aliphatic carbocycles. The van der Waals surface area contributed by atoms with Gasteiger partial charge in [-0.1, -0.05) is 19.9 Å². The number of benzene rings is 1. The third-order valence-corrected chi connectivity index (χ3v) is 3.19. The first-order valence-corrected chi connectivity index (χ1v) is 6.40. The van der Waals surface area contributed by atoms with Crippen LogP contribution in [-0.2, 0) is 14.9 Å². The number of hydrogen-bond donors (Lipinski definition) is 0. The Morgan fingerprint density at radius 3 is 2.63 bits per heavy atom. The molecule has 0 aliphatic rings. The zero-order chi connectivity index (χ0) is 14.5. The molecule has 0 bridgehead atoms. The van der Waals surface area contributed by atoms with Crippen molar-refractivity contribution >= 4 is 5.97 Å². The molecule has 106 valence electrons. The monoisotopic (exact) mass is 268 g/mol. The van der Waals surface area contributed by atoms with Gasteiger partial charge in [0.1, 0.15) is 0 Å². The van der Waals surface area contributed by atoms with Crippen molar-refractivity contribution < 1.29 is 18.7 Å². The van der Waals surface area contributed by atoms with E-state index < -0.39 is 0 Å². The fourth-order valence-corrected chi connectivity index (χ4v) is 1.87. The minimum atomic E-state index is -0.382. The van der Waals surface area contributed by atoms with Crippen LogP contribution in [0.5, 0.6) is 5.75 Å². The summed E-state index contributed by atoms with van der Waals surface area (Å²) in [5.74, 6) is -0.362. The molecule has 1 rings (SSSR count). The van der Waals surface area contributed by atoms with Crippen LogP contribution >= 0.6 is 0 Å². The average Bonchev–Trinajstić information content (AvgIpc) is 2.37. The predicted octanol–water partition coefficient (Wildman–Crippen LogP) is 3.46. The number of halogens is 1. The second kappa shape index (κ2) is 6.55. The average molecular weight is 268 g/mol. The maximum atomic E-state index is 13.4. The van der Waals surface area contributed by atoms with Gasteiger partial charge in [0.25, 0.3) is 0 Å². The van der Waals surface area contributed by atoms with E-state index in [1.54, 1.807) is 19.1 Å². The van der Waals surface area contributed by atoms with Gasteiger partial charge in [-0.2, -0.15) is 0 Å². The standard InChI is InChI=1S/C15H21FO3/c1-5-19-14(17)8-9-15(2,3)11-6-7-12(16)13(10-11)18-4/h6-7,10H,5,8-9H2,1-4H3. The number of methoxy groups -OCH3 is 1. The maximum absolute atomic E-state index is 13.4. The molecule has 0 spiro atoms. The van der Waals surface area contributed by atoms with Gasteiger partial charge in [0.2, 0.25) is 0 Å². The lowest BCUT2D eigenvalue weighted by Gasteiger charge is -2.25. The van der Waals surface area contributed by atoms with Crippen molar-refractivity contribution in [3.05, 3.63) is 29.6 Å². The van der Waals surface area contributed by atoms with E-state index in [-0.39, 0.29) is 23.0 Å². The van der Waals surface area contributed by atoms with E-state index in [1.807, 2.05) is 13.8 Å². The molecule has 0 saturated carbocycles. The summed E-state index contributed by atoms with van der Waals surface area (Å²) in [6.45, 7) is 6.20. The summed E-state index contributed by atoms with van der Waals surface area (Å²) < 4.78 is 23.3. The molecule has 19 heavy (non-hydrogen) atoms. The van der Waals surface area contributed by atoms with Crippen LogP contribution < -0.4 is 4.74 Å². The molecule has 0 radical (unpaired) electrons. The van der Waals surface area contributed by atoms with Crippen molar-refractivity contribution in [1.29, 1.82) is 0 Å². The Hall–Kier alpha value is -1.58. The zero-order valence-corrected chi connectivity index (χ0v) is 12.0. The molecule has 0 atom stereocenters. The lowest BCUT2D eigenvalue weighted by molar-refractivity contribution is -0.143. The van der Waals surface area contributed by atoms with Crippen molar-refractivity contribution in [1.82, 2.24) is 0 Å². The van der Waals surface area contributed by atoms with Crippen molar-refractivity contribution in [2.24, 2.45) is 0 Å². The van der Waals surface area contributed by atoms with Gasteiger partial charge < -0.3 is 9.47 Å². The Morgan fingerprint density at radius 1 is 1.37 bits per heavy atom.